The average Bonchev–Trinajstić information content (AvgIpc) is 3.06. The van der Waals surface area contributed by atoms with E-state index in [0.29, 0.717) is 19.5 Å². The van der Waals surface area contributed by atoms with E-state index in [0.717, 1.165) is 22.3 Å². The standard InChI is InChI=1S/C27H32N2O5/c1-27(2,3)13-23(25(32)29-14-17(15-29)12-24(30)31)28-26(33)34-16-22-20-10-6-4-8-18(20)19-9-5-7-11-21(19)22/h4-11,17,22-23H,12-16H2,1-3H3,(H,28,33)(H,30,31). The molecule has 180 valence electrons. The van der Waals surface area contributed by atoms with Gasteiger partial charge in [0.2, 0.25) is 5.91 Å². The Morgan fingerprint density at radius 2 is 1.59 bits per heavy atom. The van der Waals surface area contributed by atoms with Crippen molar-refractivity contribution in [3.05, 3.63) is 59.7 Å². The molecule has 1 aliphatic heterocycles. The molecule has 1 unspecified atom stereocenters. The average molecular weight is 465 g/mol. The van der Waals surface area contributed by atoms with Crippen molar-refractivity contribution in [3.8, 4) is 11.1 Å². The molecule has 0 radical (unpaired) electrons. The molecule has 1 heterocycles. The van der Waals surface area contributed by atoms with E-state index in [-0.39, 0.29) is 36.2 Å². The minimum absolute atomic E-state index is 0.0359. The van der Waals surface area contributed by atoms with E-state index in [1.807, 2.05) is 45.0 Å². The van der Waals surface area contributed by atoms with Gasteiger partial charge in [-0.15, -0.1) is 0 Å². The molecule has 0 saturated carbocycles. The van der Waals surface area contributed by atoms with Gasteiger partial charge in [-0.25, -0.2) is 4.79 Å². The Bertz CT molecular complexity index is 1040. The summed E-state index contributed by atoms with van der Waals surface area (Å²) in [5, 5.41) is 11.7. The zero-order valence-corrected chi connectivity index (χ0v) is 19.9. The highest BCUT2D eigenvalue weighted by Crippen LogP contribution is 2.44. The fraction of sp³-hybridized carbons (Fsp3) is 0.444. The molecule has 2 amide bonds. The number of nitrogens with zero attached hydrogens (tertiary/aromatic N) is 1. The number of likely N-dealkylation sites (tertiary alicyclic amines) is 1. The number of fused-ring (bicyclic) bond motifs is 3. The van der Waals surface area contributed by atoms with Crippen molar-refractivity contribution in [2.24, 2.45) is 11.3 Å². The summed E-state index contributed by atoms with van der Waals surface area (Å²) in [6.45, 7) is 7.01. The van der Waals surface area contributed by atoms with Crippen LogP contribution in [0.4, 0.5) is 4.79 Å². The number of alkyl carbamates (subject to hydrolysis) is 1. The zero-order chi connectivity index (χ0) is 24.5. The normalized spacial score (nSPS) is 16.3. The summed E-state index contributed by atoms with van der Waals surface area (Å²) in [6.07, 6.45) is -0.115. The third kappa shape index (κ3) is 5.24. The van der Waals surface area contributed by atoms with Crippen molar-refractivity contribution < 1.29 is 24.2 Å². The lowest BCUT2D eigenvalue weighted by molar-refractivity contribution is -0.146. The van der Waals surface area contributed by atoms with E-state index in [1.54, 1.807) is 4.90 Å². The largest absolute Gasteiger partial charge is 0.481 e. The minimum atomic E-state index is -0.861. The number of ether oxygens (including phenoxy) is 1. The van der Waals surface area contributed by atoms with Crippen molar-refractivity contribution in [2.75, 3.05) is 19.7 Å². The van der Waals surface area contributed by atoms with Crippen LogP contribution in [-0.4, -0.2) is 53.7 Å². The van der Waals surface area contributed by atoms with Gasteiger partial charge in [-0.2, -0.15) is 0 Å². The Hall–Kier alpha value is -3.35. The molecular formula is C27H32N2O5. The van der Waals surface area contributed by atoms with Gasteiger partial charge < -0.3 is 20.1 Å². The molecule has 34 heavy (non-hydrogen) atoms. The molecule has 1 saturated heterocycles. The van der Waals surface area contributed by atoms with Crippen LogP contribution in [-0.2, 0) is 14.3 Å². The molecule has 1 aliphatic carbocycles. The lowest BCUT2D eigenvalue weighted by atomic mass is 9.86. The molecule has 7 heteroatoms. The molecule has 1 fully saturated rings. The van der Waals surface area contributed by atoms with Crippen molar-refractivity contribution in [2.45, 2.75) is 45.6 Å². The number of aliphatic carboxylic acids is 1. The summed E-state index contributed by atoms with van der Waals surface area (Å²) in [4.78, 5) is 38.4. The van der Waals surface area contributed by atoms with Crippen LogP contribution in [0.2, 0.25) is 0 Å². The van der Waals surface area contributed by atoms with Crippen LogP contribution in [0.5, 0.6) is 0 Å². The van der Waals surface area contributed by atoms with Gasteiger partial charge in [-0.1, -0.05) is 69.3 Å². The molecule has 0 bridgehead atoms. The fourth-order valence-corrected chi connectivity index (χ4v) is 4.94. The SMILES string of the molecule is CC(C)(C)CC(NC(=O)OCC1c2ccccc2-c2ccccc21)C(=O)N1CC(CC(=O)O)C1. The van der Waals surface area contributed by atoms with E-state index >= 15 is 0 Å². The highest BCUT2D eigenvalue weighted by atomic mass is 16.5. The highest BCUT2D eigenvalue weighted by molar-refractivity contribution is 5.86. The Balaban J connectivity index is 1.40. The Morgan fingerprint density at radius 1 is 1.03 bits per heavy atom. The number of carboxylic acids is 1. The summed E-state index contributed by atoms with van der Waals surface area (Å²) in [6, 6.07) is 15.5. The van der Waals surface area contributed by atoms with Crippen molar-refractivity contribution >= 4 is 18.0 Å². The number of amides is 2. The smallest absolute Gasteiger partial charge is 0.407 e. The number of carbonyl (C=O) groups is 3. The maximum absolute atomic E-state index is 13.1. The predicted octanol–water partition coefficient (Wildman–Crippen LogP) is 4.26. The second kappa shape index (κ2) is 9.49. The number of carbonyl (C=O) groups excluding carboxylic acids is 2. The molecular weight excluding hydrogens is 432 g/mol. The van der Waals surface area contributed by atoms with E-state index in [2.05, 4.69) is 29.6 Å². The minimum Gasteiger partial charge on any atom is -0.481 e. The second-order valence-electron chi connectivity index (χ2n) is 10.5. The number of benzene rings is 2. The van der Waals surface area contributed by atoms with Crippen LogP contribution in [0.25, 0.3) is 11.1 Å². The van der Waals surface area contributed by atoms with Gasteiger partial charge in [0.1, 0.15) is 12.6 Å². The fourth-order valence-electron chi connectivity index (χ4n) is 4.94. The third-order valence-electron chi connectivity index (χ3n) is 6.48. The molecule has 0 spiro atoms. The van der Waals surface area contributed by atoms with Crippen molar-refractivity contribution in [1.29, 1.82) is 0 Å². The van der Waals surface area contributed by atoms with Crippen molar-refractivity contribution in [3.63, 3.8) is 0 Å². The Morgan fingerprint density at radius 3 is 2.12 bits per heavy atom. The zero-order valence-electron chi connectivity index (χ0n) is 19.9. The summed E-state index contributed by atoms with van der Waals surface area (Å²) in [5.74, 6) is -1.14. The monoisotopic (exact) mass is 464 g/mol. The Labute approximate surface area is 200 Å². The van der Waals surface area contributed by atoms with Gasteiger partial charge in [0.05, 0.1) is 6.42 Å². The summed E-state index contributed by atoms with van der Waals surface area (Å²) in [5.41, 5.74) is 4.37. The summed E-state index contributed by atoms with van der Waals surface area (Å²) >= 11 is 0. The van der Waals surface area contributed by atoms with Crippen LogP contribution in [0.15, 0.2) is 48.5 Å². The van der Waals surface area contributed by atoms with E-state index in [1.165, 1.54) is 0 Å². The molecule has 4 rings (SSSR count). The maximum atomic E-state index is 13.1. The molecule has 2 aromatic carbocycles. The first kappa shape index (κ1) is 23.8. The molecule has 2 aromatic rings. The van der Waals surface area contributed by atoms with Crippen molar-refractivity contribution in [1.82, 2.24) is 10.2 Å². The van der Waals surface area contributed by atoms with Crippen LogP contribution in [0, 0.1) is 11.3 Å². The third-order valence-corrected chi connectivity index (χ3v) is 6.48. The molecule has 2 aliphatic rings. The van der Waals surface area contributed by atoms with Gasteiger partial charge >= 0.3 is 12.1 Å². The van der Waals surface area contributed by atoms with Crippen LogP contribution >= 0.6 is 0 Å². The van der Waals surface area contributed by atoms with Gasteiger partial charge in [0.15, 0.2) is 0 Å². The van der Waals surface area contributed by atoms with Gasteiger partial charge in [0, 0.05) is 24.9 Å². The second-order valence-corrected chi connectivity index (χ2v) is 10.5. The first-order valence-corrected chi connectivity index (χ1v) is 11.7. The van der Waals surface area contributed by atoms with E-state index in [9.17, 15) is 14.4 Å². The molecule has 7 nitrogen and oxygen atoms in total. The van der Waals surface area contributed by atoms with Crippen LogP contribution < -0.4 is 5.32 Å². The Kier molecular flexibility index (Phi) is 6.64. The first-order valence-electron chi connectivity index (χ1n) is 11.7. The number of hydrogen-bond acceptors (Lipinski definition) is 4. The predicted molar refractivity (Wildman–Crippen MR) is 128 cm³/mol. The summed E-state index contributed by atoms with van der Waals surface area (Å²) < 4.78 is 5.64. The van der Waals surface area contributed by atoms with Crippen LogP contribution in [0.1, 0.15) is 50.7 Å². The number of rotatable bonds is 7. The number of carboxylic acid groups (broad SMARTS) is 1. The molecule has 1 atom stereocenters. The molecule has 2 N–H and O–H groups in total. The lowest BCUT2D eigenvalue weighted by Crippen LogP contribution is -2.58. The highest BCUT2D eigenvalue weighted by Gasteiger charge is 2.38. The van der Waals surface area contributed by atoms with Gasteiger partial charge in [0.25, 0.3) is 0 Å². The lowest BCUT2D eigenvalue weighted by Gasteiger charge is -2.41. The first-order chi connectivity index (χ1) is 16.1. The summed E-state index contributed by atoms with van der Waals surface area (Å²) in [7, 11) is 0. The van der Waals surface area contributed by atoms with E-state index < -0.39 is 18.1 Å². The maximum Gasteiger partial charge on any atom is 0.407 e. The molecule has 0 aromatic heterocycles. The van der Waals surface area contributed by atoms with E-state index in [4.69, 9.17) is 9.84 Å². The number of nitrogens with one attached hydrogen (secondary N) is 1. The topological polar surface area (TPSA) is 95.9 Å². The van der Waals surface area contributed by atoms with Gasteiger partial charge in [-0.05, 0) is 34.1 Å². The van der Waals surface area contributed by atoms with Gasteiger partial charge in [-0.3, -0.25) is 9.59 Å². The quantitative estimate of drug-likeness (QED) is 0.638. The van der Waals surface area contributed by atoms with Crippen LogP contribution in [0.3, 0.4) is 0 Å². The number of hydrogen-bond donors (Lipinski definition) is 2.